The summed E-state index contributed by atoms with van der Waals surface area (Å²) in [6, 6.07) is 11.8. The molecule has 2 rings (SSSR count). The van der Waals surface area contributed by atoms with Gasteiger partial charge in [-0.1, -0.05) is 12.1 Å². The van der Waals surface area contributed by atoms with Crippen LogP contribution in [-0.2, 0) is 6.42 Å². The molecule has 76 valence electrons. The first-order valence-electron chi connectivity index (χ1n) is 4.78. The molecule has 0 aliphatic heterocycles. The van der Waals surface area contributed by atoms with E-state index in [0.29, 0.717) is 0 Å². The number of methoxy groups -OCH3 is 1. The number of hydrogen-bond donors (Lipinski definition) is 0. The zero-order chi connectivity index (χ0) is 10.5. The smallest absolute Gasteiger partial charge is 0.118 e. The third-order valence-electron chi connectivity index (χ3n) is 2.17. The Balaban J connectivity index is 2.11. The van der Waals surface area contributed by atoms with Gasteiger partial charge in [0.1, 0.15) is 5.75 Å². The highest BCUT2D eigenvalue weighted by molar-refractivity contribution is 5.29. The van der Waals surface area contributed by atoms with Crippen LogP contribution in [0.25, 0.3) is 0 Å². The Morgan fingerprint density at radius 3 is 2.53 bits per heavy atom. The summed E-state index contributed by atoms with van der Waals surface area (Å²) in [6.07, 6.45) is 2.48. The summed E-state index contributed by atoms with van der Waals surface area (Å²) in [7, 11) is 1.66. The van der Waals surface area contributed by atoms with Gasteiger partial charge in [0.05, 0.1) is 12.8 Å². The second-order valence-corrected chi connectivity index (χ2v) is 3.24. The molecule has 0 radical (unpaired) electrons. The third-order valence-corrected chi connectivity index (χ3v) is 2.17. The van der Waals surface area contributed by atoms with E-state index in [9.17, 15) is 0 Å². The van der Waals surface area contributed by atoms with Gasteiger partial charge in [-0.25, -0.2) is 0 Å². The molecule has 0 aliphatic rings. The van der Waals surface area contributed by atoms with E-state index in [-0.39, 0.29) is 0 Å². The van der Waals surface area contributed by atoms with E-state index in [2.05, 4.69) is 10.2 Å². The van der Waals surface area contributed by atoms with Gasteiger partial charge < -0.3 is 4.74 Å². The molecular formula is C12H12N2O. The van der Waals surface area contributed by atoms with Crippen molar-refractivity contribution in [3.63, 3.8) is 0 Å². The van der Waals surface area contributed by atoms with Crippen LogP contribution >= 0.6 is 0 Å². The van der Waals surface area contributed by atoms with Crippen LogP contribution in [0.4, 0.5) is 0 Å². The Hall–Kier alpha value is -1.90. The summed E-state index contributed by atoms with van der Waals surface area (Å²) in [4.78, 5) is 0. The number of ether oxygens (including phenoxy) is 1. The van der Waals surface area contributed by atoms with Crippen molar-refractivity contribution in [2.75, 3.05) is 7.11 Å². The number of nitrogens with zero attached hydrogens (tertiary/aromatic N) is 2. The van der Waals surface area contributed by atoms with Gasteiger partial charge in [0.15, 0.2) is 0 Å². The van der Waals surface area contributed by atoms with E-state index in [1.54, 1.807) is 13.3 Å². The van der Waals surface area contributed by atoms with E-state index >= 15 is 0 Å². The Bertz CT molecular complexity index is 411. The van der Waals surface area contributed by atoms with Crippen LogP contribution in [0.15, 0.2) is 42.6 Å². The lowest BCUT2D eigenvalue weighted by Gasteiger charge is -2.02. The molecule has 0 amide bonds. The van der Waals surface area contributed by atoms with Crippen molar-refractivity contribution in [1.82, 2.24) is 10.2 Å². The normalized spacial score (nSPS) is 9.93. The highest BCUT2D eigenvalue weighted by Crippen LogP contribution is 2.13. The van der Waals surface area contributed by atoms with Crippen LogP contribution in [0.5, 0.6) is 5.75 Å². The maximum atomic E-state index is 5.09. The van der Waals surface area contributed by atoms with Crippen LogP contribution in [0.1, 0.15) is 11.3 Å². The molecule has 0 bridgehead atoms. The predicted octanol–water partition coefficient (Wildman–Crippen LogP) is 2.08. The molecule has 0 unspecified atom stereocenters. The monoisotopic (exact) mass is 200 g/mol. The molecule has 3 nitrogen and oxygen atoms in total. The van der Waals surface area contributed by atoms with Crippen LogP contribution < -0.4 is 4.74 Å². The molecule has 1 aromatic heterocycles. The third kappa shape index (κ3) is 2.53. The molecule has 1 aromatic carbocycles. The van der Waals surface area contributed by atoms with Gasteiger partial charge in [0, 0.05) is 12.6 Å². The lowest BCUT2D eigenvalue weighted by molar-refractivity contribution is 0.414. The molecule has 0 aliphatic carbocycles. The second kappa shape index (κ2) is 4.55. The van der Waals surface area contributed by atoms with E-state index in [0.717, 1.165) is 17.9 Å². The van der Waals surface area contributed by atoms with Gasteiger partial charge in [0.2, 0.25) is 0 Å². The predicted molar refractivity (Wildman–Crippen MR) is 57.8 cm³/mol. The number of rotatable bonds is 3. The molecule has 0 spiro atoms. The van der Waals surface area contributed by atoms with Crippen molar-refractivity contribution in [3.8, 4) is 5.75 Å². The minimum Gasteiger partial charge on any atom is -0.497 e. The second-order valence-electron chi connectivity index (χ2n) is 3.24. The highest BCUT2D eigenvalue weighted by Gasteiger charge is 1.97. The fourth-order valence-electron chi connectivity index (χ4n) is 1.38. The van der Waals surface area contributed by atoms with Gasteiger partial charge in [-0.05, 0) is 29.8 Å². The first-order valence-corrected chi connectivity index (χ1v) is 4.78. The largest absolute Gasteiger partial charge is 0.497 e. The van der Waals surface area contributed by atoms with Gasteiger partial charge >= 0.3 is 0 Å². The van der Waals surface area contributed by atoms with E-state index in [4.69, 9.17) is 4.74 Å². The van der Waals surface area contributed by atoms with Crippen LogP contribution in [-0.4, -0.2) is 17.3 Å². The molecule has 15 heavy (non-hydrogen) atoms. The molecule has 0 saturated carbocycles. The molecule has 0 N–H and O–H groups in total. The summed E-state index contributed by atoms with van der Waals surface area (Å²) in [5.74, 6) is 0.873. The van der Waals surface area contributed by atoms with Crippen molar-refractivity contribution < 1.29 is 4.74 Å². The summed E-state index contributed by atoms with van der Waals surface area (Å²) in [6.45, 7) is 0. The number of benzene rings is 1. The highest BCUT2D eigenvalue weighted by atomic mass is 16.5. The SMILES string of the molecule is COc1ccc(Cc2cccnn2)cc1. The summed E-state index contributed by atoms with van der Waals surface area (Å²) in [5, 5.41) is 7.88. The van der Waals surface area contributed by atoms with Crippen LogP contribution in [0.2, 0.25) is 0 Å². The zero-order valence-electron chi connectivity index (χ0n) is 8.55. The Labute approximate surface area is 88.7 Å². The van der Waals surface area contributed by atoms with Crippen molar-refractivity contribution in [1.29, 1.82) is 0 Å². The fourth-order valence-corrected chi connectivity index (χ4v) is 1.38. The minimum atomic E-state index is 0.803. The molecule has 2 aromatic rings. The summed E-state index contributed by atoms with van der Waals surface area (Å²) in [5.41, 5.74) is 2.18. The number of aromatic nitrogens is 2. The average Bonchev–Trinajstić information content (AvgIpc) is 2.31. The molecular weight excluding hydrogens is 188 g/mol. The van der Waals surface area contributed by atoms with Crippen molar-refractivity contribution in [2.45, 2.75) is 6.42 Å². The van der Waals surface area contributed by atoms with Crippen molar-refractivity contribution >= 4 is 0 Å². The van der Waals surface area contributed by atoms with Gasteiger partial charge in [-0.2, -0.15) is 10.2 Å². The number of hydrogen-bond acceptors (Lipinski definition) is 3. The maximum Gasteiger partial charge on any atom is 0.118 e. The van der Waals surface area contributed by atoms with Crippen molar-refractivity contribution in [2.24, 2.45) is 0 Å². The quantitative estimate of drug-likeness (QED) is 0.760. The van der Waals surface area contributed by atoms with Gasteiger partial charge in [0.25, 0.3) is 0 Å². The molecule has 3 heteroatoms. The summed E-state index contributed by atoms with van der Waals surface area (Å²) < 4.78 is 5.09. The Morgan fingerprint density at radius 2 is 1.93 bits per heavy atom. The first-order chi connectivity index (χ1) is 7.38. The minimum absolute atomic E-state index is 0.803. The van der Waals surface area contributed by atoms with E-state index in [1.807, 2.05) is 36.4 Å². The lowest BCUT2D eigenvalue weighted by Crippen LogP contribution is -1.93. The first kappa shape index (κ1) is 9.65. The van der Waals surface area contributed by atoms with Gasteiger partial charge in [-0.15, -0.1) is 0 Å². The molecule has 0 atom stereocenters. The maximum absolute atomic E-state index is 5.09. The molecule has 0 saturated heterocycles. The lowest BCUT2D eigenvalue weighted by atomic mass is 10.1. The molecule has 0 fully saturated rings. The average molecular weight is 200 g/mol. The van der Waals surface area contributed by atoms with Gasteiger partial charge in [-0.3, -0.25) is 0 Å². The topological polar surface area (TPSA) is 35.0 Å². The van der Waals surface area contributed by atoms with Crippen LogP contribution in [0, 0.1) is 0 Å². The fraction of sp³-hybridized carbons (Fsp3) is 0.167. The zero-order valence-corrected chi connectivity index (χ0v) is 8.55. The Kier molecular flexibility index (Phi) is 2.93. The summed E-state index contributed by atoms with van der Waals surface area (Å²) >= 11 is 0. The Morgan fingerprint density at radius 1 is 1.13 bits per heavy atom. The van der Waals surface area contributed by atoms with E-state index < -0.39 is 0 Å². The standard InChI is InChI=1S/C12H12N2O/c1-15-12-6-4-10(5-7-12)9-11-3-2-8-13-14-11/h2-8H,9H2,1H3. The molecule has 1 heterocycles. The van der Waals surface area contributed by atoms with Crippen molar-refractivity contribution in [3.05, 3.63) is 53.9 Å². The van der Waals surface area contributed by atoms with Crippen LogP contribution in [0.3, 0.4) is 0 Å². The van der Waals surface area contributed by atoms with E-state index in [1.165, 1.54) is 5.56 Å².